The fourth-order valence-corrected chi connectivity index (χ4v) is 3.19. The second kappa shape index (κ2) is 6.71. The highest BCUT2D eigenvalue weighted by Gasteiger charge is 2.37. The van der Waals surface area contributed by atoms with E-state index in [1.807, 2.05) is 39.0 Å². The van der Waals surface area contributed by atoms with Gasteiger partial charge in [-0.05, 0) is 56.3 Å². The van der Waals surface area contributed by atoms with Crippen molar-refractivity contribution in [2.24, 2.45) is 0 Å². The first-order valence-corrected chi connectivity index (χ1v) is 8.83. The van der Waals surface area contributed by atoms with Crippen molar-refractivity contribution in [3.8, 4) is 5.75 Å². The van der Waals surface area contributed by atoms with Crippen LogP contribution < -0.4 is 10.1 Å². The number of ether oxygens (including phenoxy) is 2. The Morgan fingerprint density at radius 1 is 1.35 bits per heavy atom. The zero-order valence-corrected chi connectivity index (χ0v) is 16.8. The van der Waals surface area contributed by atoms with Gasteiger partial charge in [0.25, 0.3) is 0 Å². The van der Waals surface area contributed by atoms with E-state index in [9.17, 15) is 4.79 Å². The largest absolute Gasteiger partial charge is 0.496 e. The topological polar surface area (TPSA) is 91.2 Å². The van der Waals surface area contributed by atoms with Gasteiger partial charge in [-0.15, -0.1) is 0 Å². The highest BCUT2D eigenvalue weighted by atomic mass is 79.9. The molecule has 2 aromatic rings. The Hall–Kier alpha value is -2.42. The third kappa shape index (κ3) is 3.44. The van der Waals surface area contributed by atoms with Gasteiger partial charge in [0, 0.05) is 15.7 Å². The SMILES string of the molecule is COc1ccc(Br)cc1[C@H]1C(C(=O)OC(C)(C)C)=C(C)Nc2nnnn21. The summed E-state index contributed by atoms with van der Waals surface area (Å²) in [4.78, 5) is 13.0. The summed E-state index contributed by atoms with van der Waals surface area (Å²) in [6.45, 7) is 7.28. The first-order chi connectivity index (χ1) is 12.2. The maximum absolute atomic E-state index is 13.0. The monoisotopic (exact) mass is 421 g/mol. The molecule has 0 aliphatic carbocycles. The molecule has 9 heteroatoms. The van der Waals surface area contributed by atoms with E-state index in [-0.39, 0.29) is 0 Å². The van der Waals surface area contributed by atoms with E-state index < -0.39 is 17.6 Å². The molecule has 0 bridgehead atoms. The third-order valence-corrected chi connectivity index (χ3v) is 4.31. The van der Waals surface area contributed by atoms with E-state index >= 15 is 0 Å². The van der Waals surface area contributed by atoms with E-state index in [0.29, 0.717) is 23.0 Å². The molecule has 2 heterocycles. The van der Waals surface area contributed by atoms with E-state index in [1.54, 1.807) is 18.7 Å². The Morgan fingerprint density at radius 3 is 2.73 bits per heavy atom. The zero-order valence-electron chi connectivity index (χ0n) is 15.2. The van der Waals surface area contributed by atoms with E-state index in [1.165, 1.54) is 0 Å². The lowest BCUT2D eigenvalue weighted by Gasteiger charge is -2.30. The van der Waals surface area contributed by atoms with Gasteiger partial charge in [0.15, 0.2) is 0 Å². The van der Waals surface area contributed by atoms with Crippen molar-refractivity contribution in [1.82, 2.24) is 20.2 Å². The summed E-state index contributed by atoms with van der Waals surface area (Å²) in [7, 11) is 1.58. The number of hydrogen-bond acceptors (Lipinski definition) is 7. The lowest BCUT2D eigenvalue weighted by atomic mass is 9.95. The van der Waals surface area contributed by atoms with Gasteiger partial charge in [-0.25, -0.2) is 4.79 Å². The number of carbonyl (C=O) groups is 1. The van der Waals surface area contributed by atoms with Gasteiger partial charge in [-0.1, -0.05) is 21.0 Å². The maximum Gasteiger partial charge on any atom is 0.338 e. The normalized spacial score (nSPS) is 16.8. The van der Waals surface area contributed by atoms with Crippen LogP contribution in [0.2, 0.25) is 0 Å². The standard InChI is InChI=1S/C17H20BrN5O3/c1-9-13(15(24)26-17(2,3)4)14(23-16(19-9)20-21-22-23)11-8-10(18)6-7-12(11)25-5/h6-8,14H,1-5H3,(H,19,20,22)/t14-/m0/s1. The van der Waals surface area contributed by atoms with E-state index in [4.69, 9.17) is 9.47 Å². The second-order valence-corrected chi connectivity index (χ2v) is 7.82. The molecule has 1 aliphatic heterocycles. The molecule has 0 fully saturated rings. The molecule has 1 N–H and O–H groups in total. The summed E-state index contributed by atoms with van der Waals surface area (Å²) in [5.41, 5.74) is 1.18. The predicted octanol–water partition coefficient (Wildman–Crippen LogP) is 3.07. The zero-order chi connectivity index (χ0) is 19.1. The fraction of sp³-hybridized carbons (Fsp3) is 0.412. The number of benzene rings is 1. The van der Waals surface area contributed by atoms with Crippen molar-refractivity contribution in [2.75, 3.05) is 12.4 Å². The van der Waals surface area contributed by atoms with Crippen LogP contribution in [0.25, 0.3) is 0 Å². The Balaban J connectivity index is 2.19. The molecule has 1 aliphatic rings. The van der Waals surface area contributed by atoms with Crippen LogP contribution in [0, 0.1) is 0 Å². The van der Waals surface area contributed by atoms with Crippen molar-refractivity contribution in [3.05, 3.63) is 39.5 Å². The highest BCUT2D eigenvalue weighted by molar-refractivity contribution is 9.10. The van der Waals surface area contributed by atoms with Crippen molar-refractivity contribution >= 4 is 27.8 Å². The summed E-state index contributed by atoms with van der Waals surface area (Å²) >= 11 is 3.48. The molecule has 0 radical (unpaired) electrons. The number of nitrogens with one attached hydrogen (secondary N) is 1. The molecule has 0 saturated heterocycles. The minimum Gasteiger partial charge on any atom is -0.496 e. The van der Waals surface area contributed by atoms with Crippen molar-refractivity contribution in [2.45, 2.75) is 39.3 Å². The predicted molar refractivity (Wildman–Crippen MR) is 98.8 cm³/mol. The van der Waals surface area contributed by atoms with Gasteiger partial charge < -0.3 is 14.8 Å². The summed E-state index contributed by atoms with van der Waals surface area (Å²) < 4.78 is 13.5. The number of anilines is 1. The van der Waals surface area contributed by atoms with Crippen LogP contribution in [0.3, 0.4) is 0 Å². The maximum atomic E-state index is 13.0. The van der Waals surface area contributed by atoms with Crippen LogP contribution in [0.4, 0.5) is 5.95 Å². The molecule has 0 unspecified atom stereocenters. The summed E-state index contributed by atoms with van der Waals surface area (Å²) in [6.07, 6.45) is 0. The van der Waals surface area contributed by atoms with Crippen molar-refractivity contribution in [3.63, 3.8) is 0 Å². The fourth-order valence-electron chi connectivity index (χ4n) is 2.82. The van der Waals surface area contributed by atoms with Gasteiger partial charge in [0.1, 0.15) is 17.4 Å². The van der Waals surface area contributed by atoms with Gasteiger partial charge in [0.05, 0.1) is 12.7 Å². The number of aromatic nitrogens is 4. The number of nitrogens with zero attached hydrogens (tertiary/aromatic N) is 4. The lowest BCUT2D eigenvalue weighted by molar-refractivity contribution is -0.150. The number of carbonyl (C=O) groups excluding carboxylic acids is 1. The number of rotatable bonds is 3. The molecular weight excluding hydrogens is 402 g/mol. The number of allylic oxidation sites excluding steroid dienone is 1. The Labute approximate surface area is 159 Å². The molecule has 3 rings (SSSR count). The number of hydrogen-bond donors (Lipinski definition) is 1. The van der Waals surface area contributed by atoms with Crippen molar-refractivity contribution in [1.29, 1.82) is 0 Å². The summed E-state index contributed by atoms with van der Waals surface area (Å²) in [6, 6.07) is 5.00. The van der Waals surface area contributed by atoms with Gasteiger partial charge >= 0.3 is 5.97 Å². The Bertz CT molecular complexity index is 885. The van der Waals surface area contributed by atoms with Crippen LogP contribution >= 0.6 is 15.9 Å². The van der Waals surface area contributed by atoms with Gasteiger partial charge in [-0.3, -0.25) is 0 Å². The molecule has 1 atom stereocenters. The van der Waals surface area contributed by atoms with Gasteiger partial charge in [0.2, 0.25) is 5.95 Å². The van der Waals surface area contributed by atoms with Crippen LogP contribution in [0.15, 0.2) is 33.9 Å². The van der Waals surface area contributed by atoms with Gasteiger partial charge in [-0.2, -0.15) is 4.68 Å². The third-order valence-electron chi connectivity index (χ3n) is 3.82. The lowest BCUT2D eigenvalue weighted by Crippen LogP contribution is -2.33. The van der Waals surface area contributed by atoms with Crippen LogP contribution in [-0.2, 0) is 9.53 Å². The molecule has 26 heavy (non-hydrogen) atoms. The highest BCUT2D eigenvalue weighted by Crippen LogP contribution is 2.40. The number of methoxy groups -OCH3 is 1. The first kappa shape index (κ1) is 18.4. The Kier molecular flexibility index (Phi) is 4.74. The first-order valence-electron chi connectivity index (χ1n) is 8.03. The van der Waals surface area contributed by atoms with Crippen LogP contribution in [0.1, 0.15) is 39.3 Å². The molecule has 1 aromatic heterocycles. The average molecular weight is 422 g/mol. The second-order valence-electron chi connectivity index (χ2n) is 6.90. The number of halogens is 1. The summed E-state index contributed by atoms with van der Waals surface area (Å²) in [5.74, 6) is 0.632. The number of esters is 1. The van der Waals surface area contributed by atoms with E-state index in [2.05, 4.69) is 36.8 Å². The number of fused-ring (bicyclic) bond motifs is 1. The molecular formula is C17H20BrN5O3. The minimum atomic E-state index is -0.628. The molecule has 1 aromatic carbocycles. The molecule has 0 saturated carbocycles. The molecule has 138 valence electrons. The van der Waals surface area contributed by atoms with Crippen LogP contribution in [-0.4, -0.2) is 38.9 Å². The molecule has 0 amide bonds. The Morgan fingerprint density at radius 2 is 2.08 bits per heavy atom. The molecule has 0 spiro atoms. The summed E-state index contributed by atoms with van der Waals surface area (Å²) in [5, 5.41) is 14.8. The van der Waals surface area contributed by atoms with Crippen molar-refractivity contribution < 1.29 is 14.3 Å². The molecule has 8 nitrogen and oxygen atoms in total. The number of tetrazole rings is 1. The minimum absolute atomic E-state index is 0.427. The average Bonchev–Trinajstić information content (AvgIpc) is 2.99. The van der Waals surface area contributed by atoms with E-state index in [0.717, 1.165) is 10.0 Å². The smallest absolute Gasteiger partial charge is 0.338 e. The van der Waals surface area contributed by atoms with Crippen LogP contribution in [0.5, 0.6) is 5.75 Å². The quantitative estimate of drug-likeness (QED) is 0.761.